The van der Waals surface area contributed by atoms with Crippen molar-refractivity contribution in [1.82, 2.24) is 10.6 Å². The number of rotatable bonds is 5. The maximum Gasteiger partial charge on any atom is 0.315 e. The highest BCUT2D eigenvalue weighted by atomic mass is 79.9. The van der Waals surface area contributed by atoms with E-state index in [1.54, 1.807) is 18.4 Å². The van der Waals surface area contributed by atoms with Crippen LogP contribution in [-0.2, 0) is 17.3 Å². The number of amides is 2. The van der Waals surface area contributed by atoms with Gasteiger partial charge in [-0.2, -0.15) is 0 Å². The molecule has 0 radical (unpaired) electrons. The second-order valence-corrected chi connectivity index (χ2v) is 6.09. The highest BCUT2D eigenvalue weighted by molar-refractivity contribution is 9.10. The zero-order valence-electron chi connectivity index (χ0n) is 9.83. The fourth-order valence-corrected chi connectivity index (χ4v) is 2.02. The zero-order chi connectivity index (χ0) is 13.5. The van der Waals surface area contributed by atoms with Crippen LogP contribution < -0.4 is 10.6 Å². The first-order valence-electron chi connectivity index (χ1n) is 5.24. The number of hydrogen-bond acceptors (Lipinski definition) is 2. The molecule has 1 rings (SSSR count). The van der Waals surface area contributed by atoms with Crippen LogP contribution in [0.15, 0.2) is 22.7 Å². The third-order valence-electron chi connectivity index (χ3n) is 2.12. The molecule has 1 aromatic rings. The Labute approximate surface area is 116 Å². The number of hydrogen-bond donors (Lipinski definition) is 2. The number of carbonyl (C=O) groups is 1. The Kier molecular flexibility index (Phi) is 6.28. The average Bonchev–Trinajstić information content (AvgIpc) is 2.30. The molecule has 0 saturated carbocycles. The summed E-state index contributed by atoms with van der Waals surface area (Å²) in [5.41, 5.74) is 0.401. The molecule has 0 spiro atoms. The van der Waals surface area contributed by atoms with Gasteiger partial charge in [0.15, 0.2) is 0 Å². The summed E-state index contributed by atoms with van der Waals surface area (Å²) in [4.78, 5) is 11.3. The second-order valence-electron chi connectivity index (χ2n) is 3.62. The molecule has 0 aliphatic heterocycles. The Morgan fingerprint density at radius 3 is 2.83 bits per heavy atom. The molecule has 0 unspecified atom stereocenters. The van der Waals surface area contributed by atoms with Crippen LogP contribution in [0.25, 0.3) is 0 Å². The number of nitrogens with one attached hydrogen (secondary N) is 2. The molecule has 0 aliphatic carbocycles. The molecule has 18 heavy (non-hydrogen) atoms. The maximum atomic E-state index is 13.3. The van der Waals surface area contributed by atoms with Gasteiger partial charge in [-0.25, -0.2) is 9.18 Å². The van der Waals surface area contributed by atoms with Gasteiger partial charge in [-0.05, 0) is 18.2 Å². The maximum absolute atomic E-state index is 13.3. The van der Waals surface area contributed by atoms with Gasteiger partial charge in [0.25, 0.3) is 0 Å². The summed E-state index contributed by atoms with van der Waals surface area (Å²) in [5.74, 6) is 0.0340. The quantitative estimate of drug-likeness (QED) is 0.860. The van der Waals surface area contributed by atoms with E-state index in [2.05, 4.69) is 26.6 Å². The molecule has 2 N–H and O–H groups in total. The van der Waals surface area contributed by atoms with E-state index in [1.165, 1.54) is 6.07 Å². The SMILES string of the molecule is C[S@](=O)CCNC(=O)NCc1cc(Br)ccc1F. The van der Waals surface area contributed by atoms with E-state index < -0.39 is 16.8 Å². The summed E-state index contributed by atoms with van der Waals surface area (Å²) in [6.45, 7) is 0.433. The molecular formula is C11H14BrFN2O2S. The minimum Gasteiger partial charge on any atom is -0.337 e. The molecule has 1 aromatic carbocycles. The van der Waals surface area contributed by atoms with Crippen molar-refractivity contribution in [3.05, 3.63) is 34.1 Å². The van der Waals surface area contributed by atoms with Gasteiger partial charge < -0.3 is 10.6 Å². The molecule has 0 saturated heterocycles. The first kappa shape index (κ1) is 15.1. The van der Waals surface area contributed by atoms with Crippen molar-refractivity contribution in [2.75, 3.05) is 18.6 Å². The number of halogens is 2. The van der Waals surface area contributed by atoms with Crippen LogP contribution in [0, 0.1) is 5.82 Å². The number of urea groups is 1. The van der Waals surface area contributed by atoms with Crippen molar-refractivity contribution in [3.63, 3.8) is 0 Å². The van der Waals surface area contributed by atoms with Gasteiger partial charge >= 0.3 is 6.03 Å². The fraction of sp³-hybridized carbons (Fsp3) is 0.364. The molecule has 0 heterocycles. The van der Waals surface area contributed by atoms with E-state index in [4.69, 9.17) is 0 Å². The van der Waals surface area contributed by atoms with Gasteiger partial charge in [0.1, 0.15) is 5.82 Å². The fourth-order valence-electron chi connectivity index (χ4n) is 1.23. The number of benzene rings is 1. The van der Waals surface area contributed by atoms with E-state index in [9.17, 15) is 13.4 Å². The van der Waals surface area contributed by atoms with Gasteiger partial charge in [0.05, 0.1) is 0 Å². The summed E-state index contributed by atoms with van der Waals surface area (Å²) in [6, 6.07) is 4.13. The highest BCUT2D eigenvalue weighted by Gasteiger charge is 2.05. The Morgan fingerprint density at radius 2 is 2.17 bits per heavy atom. The lowest BCUT2D eigenvalue weighted by atomic mass is 10.2. The summed E-state index contributed by atoms with van der Waals surface area (Å²) in [7, 11) is -0.937. The molecule has 0 aromatic heterocycles. The Hall–Kier alpha value is -0.950. The lowest BCUT2D eigenvalue weighted by Gasteiger charge is -2.08. The Morgan fingerprint density at radius 1 is 1.44 bits per heavy atom. The number of carbonyl (C=O) groups excluding carboxylic acids is 1. The molecule has 2 amide bonds. The van der Waals surface area contributed by atoms with Crippen molar-refractivity contribution in [2.45, 2.75) is 6.54 Å². The monoisotopic (exact) mass is 336 g/mol. The van der Waals surface area contributed by atoms with Gasteiger partial charge in [0, 0.05) is 45.9 Å². The van der Waals surface area contributed by atoms with Crippen molar-refractivity contribution in [3.8, 4) is 0 Å². The van der Waals surface area contributed by atoms with Crippen LogP contribution in [0.5, 0.6) is 0 Å². The summed E-state index contributed by atoms with van der Waals surface area (Å²) in [5, 5.41) is 5.07. The van der Waals surface area contributed by atoms with Gasteiger partial charge in [0.2, 0.25) is 0 Å². The molecule has 0 fully saturated rings. The lowest BCUT2D eigenvalue weighted by Crippen LogP contribution is -2.37. The molecule has 100 valence electrons. The zero-order valence-corrected chi connectivity index (χ0v) is 12.2. The van der Waals surface area contributed by atoms with Crippen LogP contribution in [0.4, 0.5) is 9.18 Å². The molecular weight excluding hydrogens is 323 g/mol. The lowest BCUT2D eigenvalue weighted by molar-refractivity contribution is 0.241. The molecule has 4 nitrogen and oxygen atoms in total. The minimum absolute atomic E-state index is 0.103. The minimum atomic E-state index is -0.937. The van der Waals surface area contributed by atoms with E-state index >= 15 is 0 Å². The third kappa shape index (κ3) is 5.59. The van der Waals surface area contributed by atoms with Gasteiger partial charge in [-0.15, -0.1) is 0 Å². The highest BCUT2D eigenvalue weighted by Crippen LogP contribution is 2.15. The molecule has 0 aliphatic rings. The van der Waals surface area contributed by atoms with Crippen molar-refractivity contribution >= 4 is 32.8 Å². The average molecular weight is 337 g/mol. The smallest absolute Gasteiger partial charge is 0.315 e. The van der Waals surface area contributed by atoms with Crippen LogP contribution >= 0.6 is 15.9 Å². The van der Waals surface area contributed by atoms with Crippen LogP contribution in [0.2, 0.25) is 0 Å². The van der Waals surface area contributed by atoms with E-state index in [0.29, 0.717) is 17.9 Å². The van der Waals surface area contributed by atoms with Crippen LogP contribution in [0.3, 0.4) is 0 Å². The Bertz CT molecular complexity index is 457. The van der Waals surface area contributed by atoms with E-state index in [1.807, 2.05) is 0 Å². The van der Waals surface area contributed by atoms with E-state index in [-0.39, 0.29) is 12.4 Å². The van der Waals surface area contributed by atoms with Crippen molar-refractivity contribution < 1.29 is 13.4 Å². The molecule has 0 bridgehead atoms. The predicted molar refractivity (Wildman–Crippen MR) is 73.3 cm³/mol. The third-order valence-corrected chi connectivity index (χ3v) is 3.39. The predicted octanol–water partition coefficient (Wildman–Crippen LogP) is 1.77. The van der Waals surface area contributed by atoms with Gasteiger partial charge in [-0.3, -0.25) is 4.21 Å². The van der Waals surface area contributed by atoms with Crippen molar-refractivity contribution in [2.24, 2.45) is 0 Å². The Balaban J connectivity index is 2.38. The first-order valence-corrected chi connectivity index (χ1v) is 7.76. The normalized spacial score (nSPS) is 11.9. The summed E-state index contributed by atoms with van der Waals surface area (Å²) < 4.78 is 24.9. The van der Waals surface area contributed by atoms with E-state index in [0.717, 1.165) is 4.47 Å². The molecule has 1 atom stereocenters. The first-order chi connectivity index (χ1) is 8.49. The van der Waals surface area contributed by atoms with Crippen LogP contribution in [0.1, 0.15) is 5.56 Å². The standard InChI is InChI=1S/C11H14BrFN2O2S/c1-18(17)5-4-14-11(16)15-7-8-6-9(12)2-3-10(8)13/h2-3,6H,4-5,7H2,1H3,(H2,14,15,16)/t18-/m0/s1. The second kappa shape index (κ2) is 7.48. The topological polar surface area (TPSA) is 58.2 Å². The van der Waals surface area contributed by atoms with Gasteiger partial charge in [-0.1, -0.05) is 15.9 Å². The van der Waals surface area contributed by atoms with Crippen LogP contribution in [-0.4, -0.2) is 28.8 Å². The largest absolute Gasteiger partial charge is 0.337 e. The summed E-state index contributed by atoms with van der Waals surface area (Å²) in [6.07, 6.45) is 1.57. The summed E-state index contributed by atoms with van der Waals surface area (Å²) >= 11 is 3.23. The molecule has 7 heteroatoms. The van der Waals surface area contributed by atoms with Crippen molar-refractivity contribution in [1.29, 1.82) is 0 Å².